The van der Waals surface area contributed by atoms with Crippen LogP contribution >= 0.6 is 0 Å². The summed E-state index contributed by atoms with van der Waals surface area (Å²) in [5, 5.41) is 0. The van der Waals surface area contributed by atoms with Gasteiger partial charge in [0.05, 0.1) is 0 Å². The van der Waals surface area contributed by atoms with Crippen LogP contribution in [0.3, 0.4) is 0 Å². The smallest absolute Gasteiger partial charge is 0.126 e. The zero-order chi connectivity index (χ0) is 13.2. The molecule has 3 rings (SSSR count). The van der Waals surface area contributed by atoms with Crippen molar-refractivity contribution in [3.05, 3.63) is 70.5 Å². The topological polar surface area (TPSA) is 26.0 Å². The number of halogens is 1. The van der Waals surface area contributed by atoms with Gasteiger partial charge < -0.3 is 5.73 Å². The molecule has 2 heteroatoms. The van der Waals surface area contributed by atoms with E-state index >= 15 is 0 Å². The number of rotatable bonds is 3. The average Bonchev–Trinajstić information content (AvgIpc) is 2.88. The molecule has 0 saturated carbocycles. The molecule has 2 N–H and O–H groups in total. The summed E-state index contributed by atoms with van der Waals surface area (Å²) < 4.78 is 13.6. The van der Waals surface area contributed by atoms with Gasteiger partial charge in [0.25, 0.3) is 0 Å². The van der Waals surface area contributed by atoms with E-state index in [0.717, 1.165) is 12.0 Å². The highest BCUT2D eigenvalue weighted by Gasteiger charge is 2.15. The standard InChI is InChI=1S/C17H18FN/c18-16-7-2-1-4-14(16)11-17(19)15-9-8-12-5-3-6-13(12)10-15/h1-2,4,7-10,17H,3,5-6,11,19H2. The summed E-state index contributed by atoms with van der Waals surface area (Å²) in [6, 6.07) is 13.2. The van der Waals surface area contributed by atoms with Crippen LogP contribution in [0.25, 0.3) is 0 Å². The van der Waals surface area contributed by atoms with Crippen LogP contribution in [0.2, 0.25) is 0 Å². The van der Waals surface area contributed by atoms with Crippen molar-refractivity contribution in [3.8, 4) is 0 Å². The van der Waals surface area contributed by atoms with E-state index in [-0.39, 0.29) is 11.9 Å². The van der Waals surface area contributed by atoms with Crippen molar-refractivity contribution in [2.45, 2.75) is 31.7 Å². The zero-order valence-corrected chi connectivity index (χ0v) is 10.9. The van der Waals surface area contributed by atoms with Crippen LogP contribution in [0.4, 0.5) is 4.39 Å². The number of benzene rings is 2. The van der Waals surface area contributed by atoms with Crippen molar-refractivity contribution in [1.29, 1.82) is 0 Å². The molecule has 0 saturated heterocycles. The number of hydrogen-bond acceptors (Lipinski definition) is 1. The molecular formula is C17H18FN. The van der Waals surface area contributed by atoms with Gasteiger partial charge >= 0.3 is 0 Å². The van der Waals surface area contributed by atoms with E-state index in [0.29, 0.717) is 12.0 Å². The molecular weight excluding hydrogens is 237 g/mol. The van der Waals surface area contributed by atoms with Crippen LogP contribution < -0.4 is 5.73 Å². The molecule has 0 spiro atoms. The van der Waals surface area contributed by atoms with Gasteiger partial charge in [0.1, 0.15) is 5.82 Å². The summed E-state index contributed by atoms with van der Waals surface area (Å²) >= 11 is 0. The Labute approximate surface area is 113 Å². The van der Waals surface area contributed by atoms with Gasteiger partial charge in [-0.15, -0.1) is 0 Å². The first kappa shape index (κ1) is 12.4. The molecule has 0 heterocycles. The molecule has 19 heavy (non-hydrogen) atoms. The molecule has 2 aromatic rings. The molecule has 0 radical (unpaired) electrons. The third-order valence-corrected chi connectivity index (χ3v) is 3.95. The second-order valence-corrected chi connectivity index (χ2v) is 5.28. The summed E-state index contributed by atoms with van der Waals surface area (Å²) in [4.78, 5) is 0. The van der Waals surface area contributed by atoms with E-state index in [1.165, 1.54) is 30.0 Å². The Morgan fingerprint density at radius 3 is 2.68 bits per heavy atom. The summed E-state index contributed by atoms with van der Waals surface area (Å²) in [6.45, 7) is 0. The first-order valence-electron chi connectivity index (χ1n) is 6.85. The molecule has 1 unspecified atom stereocenters. The number of fused-ring (bicyclic) bond motifs is 1. The van der Waals surface area contributed by atoms with Gasteiger partial charge in [0.2, 0.25) is 0 Å². The summed E-state index contributed by atoms with van der Waals surface area (Å²) in [7, 11) is 0. The van der Waals surface area contributed by atoms with Crippen molar-refractivity contribution >= 4 is 0 Å². The largest absolute Gasteiger partial charge is 0.324 e. The molecule has 2 aromatic carbocycles. The molecule has 1 atom stereocenters. The van der Waals surface area contributed by atoms with Gasteiger partial charge in [-0.05, 0) is 54.0 Å². The summed E-state index contributed by atoms with van der Waals surface area (Å²) in [6.07, 6.45) is 4.11. The Morgan fingerprint density at radius 1 is 1.05 bits per heavy atom. The molecule has 0 fully saturated rings. The lowest BCUT2D eigenvalue weighted by atomic mass is 9.96. The summed E-state index contributed by atoms with van der Waals surface area (Å²) in [5.74, 6) is -0.167. The molecule has 0 bridgehead atoms. The lowest BCUT2D eigenvalue weighted by molar-refractivity contribution is 0.593. The Kier molecular flexibility index (Phi) is 3.34. The second-order valence-electron chi connectivity index (χ2n) is 5.28. The minimum absolute atomic E-state index is 0.136. The van der Waals surface area contributed by atoms with Gasteiger partial charge in [-0.3, -0.25) is 0 Å². The van der Waals surface area contributed by atoms with Crippen LogP contribution in [0, 0.1) is 5.82 Å². The van der Waals surface area contributed by atoms with Crippen molar-refractivity contribution in [1.82, 2.24) is 0 Å². The minimum atomic E-state index is -0.167. The Balaban J connectivity index is 1.81. The fraction of sp³-hybridized carbons (Fsp3) is 0.294. The van der Waals surface area contributed by atoms with E-state index in [1.807, 2.05) is 12.1 Å². The van der Waals surface area contributed by atoms with E-state index in [9.17, 15) is 4.39 Å². The fourth-order valence-corrected chi connectivity index (χ4v) is 2.84. The van der Waals surface area contributed by atoms with Crippen molar-refractivity contribution in [3.63, 3.8) is 0 Å². The number of nitrogens with two attached hydrogens (primary N) is 1. The van der Waals surface area contributed by atoms with Crippen LogP contribution in [0.15, 0.2) is 42.5 Å². The van der Waals surface area contributed by atoms with Gasteiger partial charge in [-0.1, -0.05) is 36.4 Å². The number of aryl methyl sites for hydroxylation is 2. The fourth-order valence-electron chi connectivity index (χ4n) is 2.84. The van der Waals surface area contributed by atoms with Crippen molar-refractivity contribution in [2.75, 3.05) is 0 Å². The van der Waals surface area contributed by atoms with E-state index in [4.69, 9.17) is 5.73 Å². The summed E-state index contributed by atoms with van der Waals surface area (Å²) in [5.41, 5.74) is 10.9. The quantitative estimate of drug-likeness (QED) is 0.891. The van der Waals surface area contributed by atoms with Crippen molar-refractivity contribution in [2.24, 2.45) is 5.73 Å². The maximum absolute atomic E-state index is 13.6. The van der Waals surface area contributed by atoms with E-state index in [2.05, 4.69) is 18.2 Å². The molecule has 1 aliphatic rings. The predicted octanol–water partition coefficient (Wildman–Crippen LogP) is 3.56. The highest BCUT2D eigenvalue weighted by Crippen LogP contribution is 2.26. The minimum Gasteiger partial charge on any atom is -0.324 e. The van der Waals surface area contributed by atoms with E-state index < -0.39 is 0 Å². The first-order valence-corrected chi connectivity index (χ1v) is 6.85. The van der Waals surface area contributed by atoms with Gasteiger partial charge in [0.15, 0.2) is 0 Å². The van der Waals surface area contributed by atoms with Crippen LogP contribution in [0.1, 0.15) is 34.7 Å². The molecule has 1 aliphatic carbocycles. The monoisotopic (exact) mass is 255 g/mol. The maximum atomic E-state index is 13.6. The van der Waals surface area contributed by atoms with E-state index in [1.54, 1.807) is 6.07 Å². The predicted molar refractivity (Wildman–Crippen MR) is 75.5 cm³/mol. The maximum Gasteiger partial charge on any atom is 0.126 e. The number of hydrogen-bond donors (Lipinski definition) is 1. The lowest BCUT2D eigenvalue weighted by Gasteiger charge is -2.14. The van der Waals surface area contributed by atoms with Crippen LogP contribution in [0.5, 0.6) is 0 Å². The molecule has 1 nitrogen and oxygen atoms in total. The van der Waals surface area contributed by atoms with Crippen LogP contribution in [-0.4, -0.2) is 0 Å². The Hall–Kier alpha value is -1.67. The third kappa shape index (κ3) is 2.54. The van der Waals surface area contributed by atoms with Gasteiger partial charge in [-0.25, -0.2) is 4.39 Å². The van der Waals surface area contributed by atoms with Crippen molar-refractivity contribution < 1.29 is 4.39 Å². The van der Waals surface area contributed by atoms with Crippen LogP contribution in [-0.2, 0) is 19.3 Å². The normalized spacial score (nSPS) is 15.3. The molecule has 98 valence electrons. The molecule has 0 aromatic heterocycles. The van der Waals surface area contributed by atoms with Gasteiger partial charge in [0, 0.05) is 6.04 Å². The molecule has 0 aliphatic heterocycles. The Bertz CT molecular complexity index is 592. The zero-order valence-electron chi connectivity index (χ0n) is 10.9. The highest BCUT2D eigenvalue weighted by molar-refractivity contribution is 5.37. The average molecular weight is 255 g/mol. The molecule has 0 amide bonds. The van der Waals surface area contributed by atoms with Gasteiger partial charge in [-0.2, -0.15) is 0 Å². The third-order valence-electron chi connectivity index (χ3n) is 3.95. The SMILES string of the molecule is NC(Cc1ccccc1F)c1ccc2c(c1)CCC2. The Morgan fingerprint density at radius 2 is 1.84 bits per heavy atom. The lowest BCUT2D eigenvalue weighted by Crippen LogP contribution is -2.14. The first-order chi connectivity index (χ1) is 9.24. The highest BCUT2D eigenvalue weighted by atomic mass is 19.1. The second kappa shape index (κ2) is 5.14.